The van der Waals surface area contributed by atoms with Crippen LogP contribution in [0.3, 0.4) is 0 Å². The van der Waals surface area contributed by atoms with Gasteiger partial charge in [-0.25, -0.2) is 0 Å². The molecule has 2 N–H and O–H groups in total. The van der Waals surface area contributed by atoms with Crippen molar-refractivity contribution in [3.8, 4) is 5.75 Å². The molecule has 1 rings (SSSR count). The van der Waals surface area contributed by atoms with Gasteiger partial charge in [0.05, 0.1) is 6.61 Å². The summed E-state index contributed by atoms with van der Waals surface area (Å²) in [5.74, 6) is 0.559. The molecule has 0 fully saturated rings. The Morgan fingerprint density at radius 1 is 1.47 bits per heavy atom. The zero-order chi connectivity index (χ0) is 11.3. The smallest absolute Gasteiger partial charge is 0.489 e. The molecule has 80 valence electrons. The molecule has 0 amide bonds. The van der Waals surface area contributed by atoms with E-state index in [0.717, 1.165) is 6.42 Å². The van der Waals surface area contributed by atoms with Gasteiger partial charge in [-0.1, -0.05) is 13.0 Å². The van der Waals surface area contributed by atoms with E-state index in [1.165, 1.54) is 12.1 Å². The van der Waals surface area contributed by atoms with Crippen molar-refractivity contribution >= 4 is 18.9 Å². The molecular formula is C10H13BO4. The van der Waals surface area contributed by atoms with Gasteiger partial charge in [-0.3, -0.25) is 4.79 Å². The fourth-order valence-electron chi connectivity index (χ4n) is 1.20. The van der Waals surface area contributed by atoms with Crippen LogP contribution < -0.4 is 10.2 Å². The molecule has 0 bridgehead atoms. The average molecular weight is 208 g/mol. The molecule has 15 heavy (non-hydrogen) atoms. The summed E-state index contributed by atoms with van der Waals surface area (Å²) < 4.78 is 5.31. The molecular weight excluding hydrogens is 195 g/mol. The van der Waals surface area contributed by atoms with Crippen molar-refractivity contribution in [1.29, 1.82) is 0 Å². The SMILES string of the molecule is CCCOc1ccc(B(O)O)c(C=O)c1. The minimum absolute atomic E-state index is 0.189. The van der Waals surface area contributed by atoms with Crippen LogP contribution in [-0.2, 0) is 0 Å². The first-order valence-electron chi connectivity index (χ1n) is 4.77. The van der Waals surface area contributed by atoms with Crippen LogP contribution in [0.5, 0.6) is 5.75 Å². The van der Waals surface area contributed by atoms with Crippen molar-refractivity contribution in [3.05, 3.63) is 23.8 Å². The van der Waals surface area contributed by atoms with E-state index in [2.05, 4.69) is 0 Å². The summed E-state index contributed by atoms with van der Waals surface area (Å²) >= 11 is 0. The standard InChI is InChI=1S/C10H13BO4/c1-2-5-15-9-3-4-10(11(13)14)8(6-9)7-12/h3-4,6-7,13-14H,2,5H2,1H3. The fraction of sp³-hybridized carbons (Fsp3) is 0.300. The number of hydrogen-bond donors (Lipinski definition) is 2. The number of carbonyl (C=O) groups is 1. The molecule has 0 saturated carbocycles. The molecule has 0 radical (unpaired) electrons. The summed E-state index contributed by atoms with van der Waals surface area (Å²) in [6.45, 7) is 2.55. The molecule has 1 aromatic carbocycles. The van der Waals surface area contributed by atoms with E-state index in [-0.39, 0.29) is 11.0 Å². The maximum atomic E-state index is 10.7. The largest absolute Gasteiger partial charge is 0.494 e. The second kappa shape index (κ2) is 5.53. The highest BCUT2D eigenvalue weighted by Crippen LogP contribution is 2.11. The van der Waals surface area contributed by atoms with E-state index in [0.29, 0.717) is 18.6 Å². The van der Waals surface area contributed by atoms with Crippen molar-refractivity contribution in [2.45, 2.75) is 13.3 Å². The number of carbonyl (C=O) groups excluding carboxylic acids is 1. The lowest BCUT2D eigenvalue weighted by Gasteiger charge is -2.08. The van der Waals surface area contributed by atoms with E-state index in [1.807, 2.05) is 6.92 Å². The number of hydrogen-bond acceptors (Lipinski definition) is 4. The lowest BCUT2D eigenvalue weighted by Crippen LogP contribution is -2.32. The van der Waals surface area contributed by atoms with Crippen LogP contribution in [0.15, 0.2) is 18.2 Å². The van der Waals surface area contributed by atoms with Crippen LogP contribution in [-0.4, -0.2) is 30.1 Å². The van der Waals surface area contributed by atoms with Crippen molar-refractivity contribution in [2.75, 3.05) is 6.61 Å². The first-order chi connectivity index (χ1) is 7.19. The Bertz CT molecular complexity index is 338. The van der Waals surface area contributed by atoms with E-state index in [9.17, 15) is 4.79 Å². The number of rotatable bonds is 5. The molecule has 0 spiro atoms. The van der Waals surface area contributed by atoms with E-state index >= 15 is 0 Å². The Balaban J connectivity index is 2.92. The van der Waals surface area contributed by atoms with Gasteiger partial charge in [0.15, 0.2) is 0 Å². The Morgan fingerprint density at radius 3 is 2.73 bits per heavy atom. The molecule has 0 heterocycles. The van der Waals surface area contributed by atoms with Gasteiger partial charge in [-0.15, -0.1) is 0 Å². The van der Waals surface area contributed by atoms with Crippen LogP contribution in [0, 0.1) is 0 Å². The maximum Gasteiger partial charge on any atom is 0.489 e. The zero-order valence-corrected chi connectivity index (χ0v) is 8.51. The molecule has 0 unspecified atom stereocenters. The van der Waals surface area contributed by atoms with Gasteiger partial charge in [0, 0.05) is 5.56 Å². The van der Waals surface area contributed by atoms with Gasteiger partial charge < -0.3 is 14.8 Å². The third kappa shape index (κ3) is 3.07. The molecule has 0 atom stereocenters. The van der Waals surface area contributed by atoms with Crippen LogP contribution in [0.4, 0.5) is 0 Å². The first kappa shape index (κ1) is 11.7. The molecule has 0 aliphatic rings. The molecule has 4 nitrogen and oxygen atoms in total. The average Bonchev–Trinajstić information content (AvgIpc) is 2.25. The summed E-state index contributed by atoms with van der Waals surface area (Å²) in [7, 11) is -1.63. The minimum Gasteiger partial charge on any atom is -0.494 e. The predicted molar refractivity (Wildman–Crippen MR) is 57.4 cm³/mol. The van der Waals surface area contributed by atoms with Gasteiger partial charge in [0.25, 0.3) is 0 Å². The summed E-state index contributed by atoms with van der Waals surface area (Å²) in [5.41, 5.74) is 0.424. The highest BCUT2D eigenvalue weighted by Gasteiger charge is 2.15. The predicted octanol–water partition coefficient (Wildman–Crippen LogP) is -0.0323. The summed E-state index contributed by atoms with van der Waals surface area (Å²) in [5, 5.41) is 17.9. The molecule has 0 aliphatic carbocycles. The van der Waals surface area contributed by atoms with Crippen LogP contribution in [0.25, 0.3) is 0 Å². The van der Waals surface area contributed by atoms with Gasteiger partial charge in [0.1, 0.15) is 12.0 Å². The summed E-state index contributed by atoms with van der Waals surface area (Å²) in [6.07, 6.45) is 1.45. The van der Waals surface area contributed by atoms with Crippen molar-refractivity contribution in [1.82, 2.24) is 0 Å². The Morgan fingerprint density at radius 2 is 2.20 bits per heavy atom. The molecule has 1 aromatic rings. The van der Waals surface area contributed by atoms with E-state index in [1.54, 1.807) is 6.07 Å². The summed E-state index contributed by atoms with van der Waals surface area (Å²) in [6, 6.07) is 4.58. The van der Waals surface area contributed by atoms with Crippen molar-refractivity contribution in [2.24, 2.45) is 0 Å². The van der Waals surface area contributed by atoms with Gasteiger partial charge in [-0.2, -0.15) is 0 Å². The van der Waals surface area contributed by atoms with E-state index < -0.39 is 7.12 Å². The van der Waals surface area contributed by atoms with Gasteiger partial charge >= 0.3 is 7.12 Å². The monoisotopic (exact) mass is 208 g/mol. The van der Waals surface area contributed by atoms with Crippen LogP contribution >= 0.6 is 0 Å². The molecule has 0 saturated heterocycles. The highest BCUT2D eigenvalue weighted by molar-refractivity contribution is 6.60. The fourth-order valence-corrected chi connectivity index (χ4v) is 1.20. The van der Waals surface area contributed by atoms with Gasteiger partial charge in [-0.05, 0) is 24.0 Å². The topological polar surface area (TPSA) is 66.8 Å². The van der Waals surface area contributed by atoms with Crippen molar-refractivity contribution in [3.63, 3.8) is 0 Å². The molecule has 5 heteroatoms. The maximum absolute atomic E-state index is 10.7. The lowest BCUT2D eigenvalue weighted by atomic mass is 9.77. The van der Waals surface area contributed by atoms with Gasteiger partial charge in [0.2, 0.25) is 0 Å². The third-order valence-corrected chi connectivity index (χ3v) is 1.94. The minimum atomic E-state index is -1.63. The molecule has 0 aliphatic heterocycles. The Kier molecular flexibility index (Phi) is 4.33. The number of benzene rings is 1. The second-order valence-electron chi connectivity index (χ2n) is 3.13. The summed E-state index contributed by atoms with van der Waals surface area (Å²) in [4.78, 5) is 10.7. The highest BCUT2D eigenvalue weighted by atomic mass is 16.5. The Labute approximate surface area is 88.6 Å². The van der Waals surface area contributed by atoms with Crippen LogP contribution in [0.1, 0.15) is 23.7 Å². The second-order valence-corrected chi connectivity index (χ2v) is 3.13. The number of ether oxygens (including phenoxy) is 1. The normalized spacial score (nSPS) is 9.80. The molecule has 0 aromatic heterocycles. The first-order valence-corrected chi connectivity index (χ1v) is 4.77. The van der Waals surface area contributed by atoms with E-state index in [4.69, 9.17) is 14.8 Å². The van der Waals surface area contributed by atoms with Crippen LogP contribution in [0.2, 0.25) is 0 Å². The number of aldehydes is 1. The zero-order valence-electron chi connectivity index (χ0n) is 8.51. The quantitative estimate of drug-likeness (QED) is 0.526. The lowest BCUT2D eigenvalue weighted by molar-refractivity contribution is 0.112. The Hall–Kier alpha value is -1.33. The third-order valence-electron chi connectivity index (χ3n) is 1.94. The van der Waals surface area contributed by atoms with Crippen molar-refractivity contribution < 1.29 is 19.6 Å².